The van der Waals surface area contributed by atoms with Crippen molar-refractivity contribution in [2.24, 2.45) is 0 Å². The molecule has 3 nitrogen and oxygen atoms in total. The molecular formula is C13H17BrO3. The average Bonchev–Trinajstić information content (AvgIpc) is 2.52. The van der Waals surface area contributed by atoms with E-state index in [1.807, 2.05) is 6.07 Å². The molecule has 1 aromatic rings. The molecule has 0 aliphatic carbocycles. The number of alkyl halides is 1. The molecule has 0 amide bonds. The summed E-state index contributed by atoms with van der Waals surface area (Å²) in [5, 5.41) is 0. The molecule has 1 aliphatic heterocycles. The van der Waals surface area contributed by atoms with E-state index in [4.69, 9.17) is 14.2 Å². The summed E-state index contributed by atoms with van der Waals surface area (Å²) in [7, 11) is 3.35. The van der Waals surface area contributed by atoms with Gasteiger partial charge < -0.3 is 14.2 Å². The largest absolute Gasteiger partial charge is 0.493 e. The van der Waals surface area contributed by atoms with Crippen molar-refractivity contribution in [2.45, 2.75) is 18.2 Å². The minimum Gasteiger partial charge on any atom is -0.493 e. The molecule has 1 heterocycles. The zero-order valence-electron chi connectivity index (χ0n) is 10.4. The highest BCUT2D eigenvalue weighted by molar-refractivity contribution is 9.09. The highest BCUT2D eigenvalue weighted by Gasteiger charge is 2.25. The monoisotopic (exact) mass is 300 g/mol. The molecule has 0 N–H and O–H groups in total. The van der Waals surface area contributed by atoms with Crippen LogP contribution in [0.15, 0.2) is 6.07 Å². The maximum absolute atomic E-state index is 5.57. The number of aryl methyl sites for hydroxylation is 1. The quantitative estimate of drug-likeness (QED) is 0.786. The summed E-state index contributed by atoms with van der Waals surface area (Å²) in [4.78, 5) is 0.156. The molecule has 0 radical (unpaired) electrons. The number of halogens is 1. The summed E-state index contributed by atoms with van der Waals surface area (Å²) in [6, 6.07) is 2.03. The second-order valence-corrected chi connectivity index (χ2v) is 5.22. The number of fused-ring (bicyclic) bond motifs is 1. The Bertz CT molecular complexity index is 418. The normalized spacial score (nSPS) is 19.4. The van der Waals surface area contributed by atoms with Crippen LogP contribution in [0.1, 0.15) is 21.5 Å². The van der Waals surface area contributed by atoms with Crippen LogP contribution in [0.4, 0.5) is 0 Å². The van der Waals surface area contributed by atoms with Gasteiger partial charge in [0.05, 0.1) is 32.3 Å². The molecule has 2 rings (SSSR count). The number of hydrogen-bond donors (Lipinski definition) is 0. The van der Waals surface area contributed by atoms with Gasteiger partial charge in [-0.3, -0.25) is 0 Å². The number of methoxy groups -OCH3 is 2. The van der Waals surface area contributed by atoms with Gasteiger partial charge in [0.1, 0.15) is 0 Å². The highest BCUT2D eigenvalue weighted by Crippen LogP contribution is 2.43. The van der Waals surface area contributed by atoms with Crippen molar-refractivity contribution < 1.29 is 14.2 Å². The zero-order valence-corrected chi connectivity index (χ0v) is 12.0. The Balaban J connectivity index is 2.64. The second kappa shape index (κ2) is 5.27. The van der Waals surface area contributed by atoms with Crippen molar-refractivity contribution in [3.8, 4) is 11.5 Å². The summed E-state index contributed by atoms with van der Waals surface area (Å²) in [6.45, 7) is 3.52. The first-order valence-electron chi connectivity index (χ1n) is 5.65. The van der Waals surface area contributed by atoms with Gasteiger partial charge in [-0.25, -0.2) is 0 Å². The third-order valence-corrected chi connectivity index (χ3v) is 3.84. The molecule has 1 aromatic carbocycles. The maximum Gasteiger partial charge on any atom is 0.165 e. The maximum atomic E-state index is 5.57. The van der Waals surface area contributed by atoms with Gasteiger partial charge in [-0.15, -0.1) is 0 Å². The van der Waals surface area contributed by atoms with E-state index in [1.165, 1.54) is 16.7 Å². The Morgan fingerprint density at radius 2 is 2.12 bits per heavy atom. The van der Waals surface area contributed by atoms with E-state index in [-0.39, 0.29) is 4.83 Å². The Labute approximate surface area is 110 Å². The standard InChI is InChI=1S/C13H17BrO3/c1-8-6-11(15-2)13(16-3)12-9(8)4-5-17-7-10(12)14/h6,10H,4-5,7H2,1-3H3. The van der Waals surface area contributed by atoms with Gasteiger partial charge in [0.25, 0.3) is 0 Å². The van der Waals surface area contributed by atoms with E-state index >= 15 is 0 Å². The summed E-state index contributed by atoms with van der Waals surface area (Å²) in [5.41, 5.74) is 3.71. The molecule has 0 spiro atoms. The Hall–Kier alpha value is -0.740. The molecule has 1 unspecified atom stereocenters. The van der Waals surface area contributed by atoms with E-state index in [0.29, 0.717) is 6.61 Å². The fourth-order valence-electron chi connectivity index (χ4n) is 2.30. The van der Waals surface area contributed by atoms with Gasteiger partial charge in [-0.2, -0.15) is 0 Å². The van der Waals surface area contributed by atoms with Crippen molar-refractivity contribution in [2.75, 3.05) is 27.4 Å². The summed E-state index contributed by atoms with van der Waals surface area (Å²) < 4.78 is 16.5. The molecular weight excluding hydrogens is 284 g/mol. The van der Waals surface area contributed by atoms with Crippen molar-refractivity contribution >= 4 is 15.9 Å². The van der Waals surface area contributed by atoms with Crippen LogP contribution in [0.5, 0.6) is 11.5 Å². The van der Waals surface area contributed by atoms with Gasteiger partial charge in [0.2, 0.25) is 0 Å². The van der Waals surface area contributed by atoms with E-state index in [0.717, 1.165) is 24.5 Å². The lowest BCUT2D eigenvalue weighted by atomic mass is 9.96. The molecule has 17 heavy (non-hydrogen) atoms. The highest BCUT2D eigenvalue weighted by atomic mass is 79.9. The second-order valence-electron chi connectivity index (χ2n) is 4.11. The van der Waals surface area contributed by atoms with Crippen molar-refractivity contribution in [3.05, 3.63) is 22.8 Å². The van der Waals surface area contributed by atoms with Crippen LogP contribution < -0.4 is 9.47 Å². The van der Waals surface area contributed by atoms with E-state index in [2.05, 4.69) is 22.9 Å². The van der Waals surface area contributed by atoms with E-state index in [9.17, 15) is 0 Å². The fraction of sp³-hybridized carbons (Fsp3) is 0.538. The Kier molecular flexibility index (Phi) is 3.94. The van der Waals surface area contributed by atoms with E-state index in [1.54, 1.807) is 14.2 Å². The lowest BCUT2D eigenvalue weighted by Crippen LogP contribution is -2.05. The molecule has 0 saturated carbocycles. The van der Waals surface area contributed by atoms with Crippen molar-refractivity contribution in [3.63, 3.8) is 0 Å². The lowest BCUT2D eigenvalue weighted by Gasteiger charge is -2.19. The number of benzene rings is 1. The first-order chi connectivity index (χ1) is 8.19. The summed E-state index contributed by atoms with van der Waals surface area (Å²) in [6.07, 6.45) is 0.920. The van der Waals surface area contributed by atoms with Crippen LogP contribution in [0.25, 0.3) is 0 Å². The Morgan fingerprint density at radius 1 is 1.35 bits per heavy atom. The number of ether oxygens (including phenoxy) is 3. The van der Waals surface area contributed by atoms with Gasteiger partial charge in [-0.1, -0.05) is 15.9 Å². The van der Waals surface area contributed by atoms with Crippen LogP contribution in [0.3, 0.4) is 0 Å². The van der Waals surface area contributed by atoms with Crippen molar-refractivity contribution in [1.29, 1.82) is 0 Å². The lowest BCUT2D eigenvalue weighted by molar-refractivity contribution is 0.145. The van der Waals surface area contributed by atoms with Gasteiger partial charge in [0.15, 0.2) is 11.5 Å². The number of hydrogen-bond acceptors (Lipinski definition) is 3. The average molecular weight is 301 g/mol. The van der Waals surface area contributed by atoms with Gasteiger partial charge in [0, 0.05) is 5.56 Å². The topological polar surface area (TPSA) is 27.7 Å². The van der Waals surface area contributed by atoms with Crippen LogP contribution in [0.2, 0.25) is 0 Å². The first kappa shape index (κ1) is 12.7. The minimum absolute atomic E-state index is 0.156. The molecule has 1 atom stereocenters. The predicted molar refractivity (Wildman–Crippen MR) is 70.5 cm³/mol. The van der Waals surface area contributed by atoms with Crippen LogP contribution in [-0.4, -0.2) is 27.4 Å². The van der Waals surface area contributed by atoms with Crippen LogP contribution >= 0.6 is 15.9 Å². The molecule has 1 aliphatic rings. The predicted octanol–water partition coefficient (Wildman–Crippen LogP) is 3.02. The summed E-state index contributed by atoms with van der Waals surface area (Å²) >= 11 is 3.67. The minimum atomic E-state index is 0.156. The molecule has 0 bridgehead atoms. The van der Waals surface area contributed by atoms with Crippen LogP contribution in [-0.2, 0) is 11.2 Å². The third-order valence-electron chi connectivity index (χ3n) is 3.11. The first-order valence-corrected chi connectivity index (χ1v) is 6.56. The summed E-state index contributed by atoms with van der Waals surface area (Å²) in [5.74, 6) is 1.61. The molecule has 4 heteroatoms. The van der Waals surface area contributed by atoms with Gasteiger partial charge in [-0.05, 0) is 30.5 Å². The molecule has 0 fully saturated rings. The molecule has 0 saturated heterocycles. The third kappa shape index (κ3) is 2.29. The fourth-order valence-corrected chi connectivity index (χ4v) is 2.97. The Morgan fingerprint density at radius 3 is 2.76 bits per heavy atom. The number of rotatable bonds is 2. The van der Waals surface area contributed by atoms with Crippen LogP contribution in [0, 0.1) is 6.92 Å². The zero-order chi connectivity index (χ0) is 12.4. The SMILES string of the molecule is COc1cc(C)c2c(c1OC)C(Br)COCC2. The van der Waals surface area contributed by atoms with Crippen molar-refractivity contribution in [1.82, 2.24) is 0 Å². The molecule has 0 aromatic heterocycles. The van der Waals surface area contributed by atoms with E-state index < -0.39 is 0 Å². The van der Waals surface area contributed by atoms with Gasteiger partial charge >= 0.3 is 0 Å². The smallest absolute Gasteiger partial charge is 0.165 e. The molecule has 94 valence electrons.